The van der Waals surface area contributed by atoms with E-state index < -0.39 is 0 Å². The molecule has 2 aromatic rings. The second kappa shape index (κ2) is 5.90. The number of hydrogen-bond donors (Lipinski definition) is 1. The molecule has 110 valence electrons. The van der Waals surface area contributed by atoms with Crippen LogP contribution in [0.15, 0.2) is 36.4 Å². The quantitative estimate of drug-likeness (QED) is 0.911. The van der Waals surface area contributed by atoms with Gasteiger partial charge < -0.3 is 9.84 Å². The molecule has 2 nitrogen and oxygen atoms in total. The van der Waals surface area contributed by atoms with Crippen LogP contribution in [0.25, 0.3) is 0 Å². The smallest absolute Gasteiger partial charge is 0.123 e. The molecule has 1 aliphatic carbocycles. The first-order valence-corrected chi connectivity index (χ1v) is 7.64. The minimum Gasteiger partial charge on any atom is -0.489 e. The molecule has 0 heterocycles. The molecule has 0 amide bonds. The Labute approximate surface area is 126 Å². The molecule has 0 bridgehead atoms. The van der Waals surface area contributed by atoms with Crippen LogP contribution in [0.2, 0.25) is 0 Å². The fourth-order valence-corrected chi connectivity index (χ4v) is 3.04. The highest BCUT2D eigenvalue weighted by Crippen LogP contribution is 2.35. The van der Waals surface area contributed by atoms with E-state index in [1.165, 1.54) is 22.3 Å². The third-order valence-corrected chi connectivity index (χ3v) is 4.32. The van der Waals surface area contributed by atoms with Crippen LogP contribution in [-0.2, 0) is 13.0 Å². The maximum atomic E-state index is 10.1. The largest absolute Gasteiger partial charge is 0.489 e. The maximum absolute atomic E-state index is 10.1. The predicted molar refractivity (Wildman–Crippen MR) is 84.6 cm³/mol. The number of hydrogen-bond acceptors (Lipinski definition) is 2. The highest BCUT2D eigenvalue weighted by atomic mass is 16.5. The lowest BCUT2D eigenvalue weighted by Crippen LogP contribution is -2.11. The van der Waals surface area contributed by atoms with Crippen molar-refractivity contribution in [1.82, 2.24) is 0 Å². The fourth-order valence-electron chi connectivity index (χ4n) is 3.04. The summed E-state index contributed by atoms with van der Waals surface area (Å²) in [4.78, 5) is 0. The zero-order valence-electron chi connectivity index (χ0n) is 12.7. The molecule has 1 unspecified atom stereocenters. The molecular formula is C19H22O2. The number of aliphatic hydroxyl groups excluding tert-OH is 1. The number of aryl methyl sites for hydroxylation is 2. The van der Waals surface area contributed by atoms with Crippen LogP contribution in [0, 0.1) is 13.8 Å². The molecule has 3 rings (SSSR count). The van der Waals surface area contributed by atoms with Crippen molar-refractivity contribution in [2.45, 2.75) is 45.8 Å². The van der Waals surface area contributed by atoms with Gasteiger partial charge in [0, 0.05) is 0 Å². The first-order valence-electron chi connectivity index (χ1n) is 7.64. The maximum Gasteiger partial charge on any atom is 0.123 e. The summed E-state index contributed by atoms with van der Waals surface area (Å²) in [5.74, 6) is 0.923. The van der Waals surface area contributed by atoms with Crippen molar-refractivity contribution in [3.8, 4) is 5.75 Å². The number of rotatable bonds is 3. The highest BCUT2D eigenvalue weighted by Gasteiger charge is 2.20. The first-order chi connectivity index (χ1) is 10.1. The van der Waals surface area contributed by atoms with Gasteiger partial charge in [0.15, 0.2) is 0 Å². The Bertz CT molecular complexity index is 646. The van der Waals surface area contributed by atoms with E-state index in [0.29, 0.717) is 6.61 Å². The molecule has 1 atom stereocenters. The van der Waals surface area contributed by atoms with Gasteiger partial charge in [0.2, 0.25) is 0 Å². The fraction of sp³-hybridized carbons (Fsp3) is 0.368. The van der Waals surface area contributed by atoms with E-state index in [9.17, 15) is 5.11 Å². The van der Waals surface area contributed by atoms with Crippen LogP contribution < -0.4 is 4.74 Å². The van der Waals surface area contributed by atoms with Gasteiger partial charge in [-0.1, -0.05) is 35.9 Å². The molecule has 0 spiro atoms. The van der Waals surface area contributed by atoms with Gasteiger partial charge in [-0.15, -0.1) is 0 Å². The third-order valence-electron chi connectivity index (χ3n) is 4.32. The Morgan fingerprint density at radius 3 is 2.90 bits per heavy atom. The highest BCUT2D eigenvalue weighted by molar-refractivity contribution is 5.43. The van der Waals surface area contributed by atoms with Crippen LogP contribution in [0.1, 0.15) is 46.8 Å². The van der Waals surface area contributed by atoms with Gasteiger partial charge in [-0.05, 0) is 61.4 Å². The van der Waals surface area contributed by atoms with Crippen molar-refractivity contribution in [3.63, 3.8) is 0 Å². The van der Waals surface area contributed by atoms with Gasteiger partial charge in [-0.25, -0.2) is 0 Å². The second-order valence-electron chi connectivity index (χ2n) is 5.95. The minimum atomic E-state index is -0.335. The number of ether oxygens (including phenoxy) is 1. The van der Waals surface area contributed by atoms with Gasteiger partial charge in [0.05, 0.1) is 6.10 Å². The lowest BCUT2D eigenvalue weighted by atomic mass is 9.89. The Morgan fingerprint density at radius 1 is 1.19 bits per heavy atom. The van der Waals surface area contributed by atoms with E-state index >= 15 is 0 Å². The second-order valence-corrected chi connectivity index (χ2v) is 5.95. The average Bonchev–Trinajstić information content (AvgIpc) is 2.49. The van der Waals surface area contributed by atoms with Crippen LogP contribution in [0.3, 0.4) is 0 Å². The molecule has 0 radical (unpaired) electrons. The minimum absolute atomic E-state index is 0.335. The summed E-state index contributed by atoms with van der Waals surface area (Å²) in [6.45, 7) is 4.80. The van der Waals surface area contributed by atoms with Crippen LogP contribution in [0.4, 0.5) is 0 Å². The summed E-state index contributed by atoms with van der Waals surface area (Å²) in [5, 5.41) is 10.1. The standard InChI is InChI=1S/C19H22O2/c1-13-9-10-14(2)15(11-13)12-21-19-8-4-5-16-17(19)6-3-7-18(16)20/h4-5,8-11,18,20H,3,6-7,12H2,1-2H3. The average molecular weight is 282 g/mol. The monoisotopic (exact) mass is 282 g/mol. The Morgan fingerprint density at radius 2 is 2.05 bits per heavy atom. The molecule has 21 heavy (non-hydrogen) atoms. The SMILES string of the molecule is Cc1ccc(C)c(COc2cccc3c2CCCC3O)c1. The summed E-state index contributed by atoms with van der Waals surface area (Å²) in [6.07, 6.45) is 2.54. The van der Waals surface area contributed by atoms with Crippen LogP contribution >= 0.6 is 0 Å². The summed E-state index contributed by atoms with van der Waals surface area (Å²) >= 11 is 0. The molecule has 1 aliphatic rings. The van der Waals surface area contributed by atoms with Crippen molar-refractivity contribution in [2.24, 2.45) is 0 Å². The predicted octanol–water partition coefficient (Wildman–Crippen LogP) is 4.25. The molecule has 0 aliphatic heterocycles. The molecule has 2 aromatic carbocycles. The van der Waals surface area contributed by atoms with Crippen LogP contribution in [-0.4, -0.2) is 5.11 Å². The molecule has 2 heteroatoms. The lowest BCUT2D eigenvalue weighted by molar-refractivity contribution is 0.155. The summed E-state index contributed by atoms with van der Waals surface area (Å²) < 4.78 is 6.06. The molecule has 0 aromatic heterocycles. The summed E-state index contributed by atoms with van der Waals surface area (Å²) in [7, 11) is 0. The van der Waals surface area contributed by atoms with Crippen LogP contribution in [0.5, 0.6) is 5.75 Å². The van der Waals surface area contributed by atoms with Gasteiger partial charge >= 0.3 is 0 Å². The number of benzene rings is 2. The first kappa shape index (κ1) is 14.2. The van der Waals surface area contributed by atoms with Crippen molar-refractivity contribution < 1.29 is 9.84 Å². The Hall–Kier alpha value is -1.80. The normalized spacial score (nSPS) is 17.4. The Kier molecular flexibility index (Phi) is 3.98. The molecule has 0 saturated carbocycles. The van der Waals surface area contributed by atoms with Gasteiger partial charge in [0.1, 0.15) is 12.4 Å². The van der Waals surface area contributed by atoms with E-state index in [4.69, 9.17) is 4.74 Å². The lowest BCUT2D eigenvalue weighted by Gasteiger charge is -2.23. The van der Waals surface area contributed by atoms with E-state index in [-0.39, 0.29) is 6.10 Å². The summed E-state index contributed by atoms with van der Waals surface area (Å²) in [6, 6.07) is 12.5. The van der Waals surface area contributed by atoms with Crippen molar-refractivity contribution in [2.75, 3.05) is 0 Å². The molecule has 0 fully saturated rings. The zero-order chi connectivity index (χ0) is 14.8. The zero-order valence-corrected chi connectivity index (χ0v) is 12.7. The van der Waals surface area contributed by atoms with Gasteiger partial charge in [0.25, 0.3) is 0 Å². The topological polar surface area (TPSA) is 29.5 Å². The van der Waals surface area contributed by atoms with E-state index in [0.717, 1.165) is 30.6 Å². The Balaban J connectivity index is 1.83. The van der Waals surface area contributed by atoms with Crippen molar-refractivity contribution in [3.05, 3.63) is 64.2 Å². The van der Waals surface area contributed by atoms with Gasteiger partial charge in [-0.2, -0.15) is 0 Å². The molecule has 1 N–H and O–H groups in total. The van der Waals surface area contributed by atoms with Crippen molar-refractivity contribution >= 4 is 0 Å². The third kappa shape index (κ3) is 2.96. The van der Waals surface area contributed by atoms with E-state index in [2.05, 4.69) is 32.0 Å². The van der Waals surface area contributed by atoms with E-state index in [1.807, 2.05) is 18.2 Å². The molecular weight excluding hydrogens is 260 g/mol. The number of aliphatic hydroxyl groups is 1. The van der Waals surface area contributed by atoms with E-state index in [1.54, 1.807) is 0 Å². The van der Waals surface area contributed by atoms with Crippen molar-refractivity contribution in [1.29, 1.82) is 0 Å². The molecule has 0 saturated heterocycles. The summed E-state index contributed by atoms with van der Waals surface area (Å²) in [5.41, 5.74) is 5.96. The van der Waals surface area contributed by atoms with Gasteiger partial charge in [-0.3, -0.25) is 0 Å². The number of fused-ring (bicyclic) bond motifs is 1.